The van der Waals surface area contributed by atoms with Crippen molar-refractivity contribution in [3.05, 3.63) is 59.7 Å². The van der Waals surface area contributed by atoms with E-state index in [-0.39, 0.29) is 12.5 Å². The van der Waals surface area contributed by atoms with Gasteiger partial charge in [0.1, 0.15) is 0 Å². The van der Waals surface area contributed by atoms with Crippen LogP contribution in [0, 0.1) is 0 Å². The molecule has 0 radical (unpaired) electrons. The lowest BCUT2D eigenvalue weighted by Gasteiger charge is -2.20. The van der Waals surface area contributed by atoms with Gasteiger partial charge in [-0.05, 0) is 48.3 Å². The third-order valence-corrected chi connectivity index (χ3v) is 4.58. The molecule has 0 saturated carbocycles. The van der Waals surface area contributed by atoms with E-state index in [2.05, 4.69) is 55.4 Å². The molecular weight excluding hydrogens is 322 g/mol. The summed E-state index contributed by atoms with van der Waals surface area (Å²) in [6.45, 7) is 11.8. The van der Waals surface area contributed by atoms with Gasteiger partial charge in [-0.15, -0.1) is 0 Å². The van der Waals surface area contributed by atoms with Gasteiger partial charge in [0, 0.05) is 17.9 Å². The molecule has 0 aromatic heterocycles. The van der Waals surface area contributed by atoms with Gasteiger partial charge in [-0.1, -0.05) is 58.0 Å². The first-order chi connectivity index (χ1) is 12.5. The fraction of sp³-hybridized carbons (Fsp3) is 0.409. The fourth-order valence-electron chi connectivity index (χ4n) is 2.87. The third kappa shape index (κ3) is 5.88. The lowest BCUT2D eigenvalue weighted by atomic mass is 10.0. The number of amides is 1. The van der Waals surface area contributed by atoms with Gasteiger partial charge in [0.05, 0.1) is 6.54 Å². The normalized spacial score (nSPS) is 11.0. The molecule has 2 N–H and O–H groups in total. The highest BCUT2D eigenvalue weighted by molar-refractivity contribution is 5.93. The Kier molecular flexibility index (Phi) is 7.67. The highest BCUT2D eigenvalue weighted by Gasteiger charge is 2.08. The molecule has 4 heteroatoms. The van der Waals surface area contributed by atoms with E-state index in [9.17, 15) is 4.79 Å². The number of rotatable bonds is 9. The molecule has 0 spiro atoms. The van der Waals surface area contributed by atoms with Crippen LogP contribution in [0.25, 0.3) is 0 Å². The standard InChI is InChI=1S/C22H31N3O/c1-5-25(6-2)16-19-10-7-8-13-21(19)23-15-22(26)24-20-12-9-11-18(14-20)17(3)4/h7-14,17,23H,5-6,15-16H2,1-4H3,(H,24,26). The number of hydrogen-bond donors (Lipinski definition) is 2. The Balaban J connectivity index is 1.96. The zero-order valence-electron chi connectivity index (χ0n) is 16.4. The van der Waals surface area contributed by atoms with Crippen LogP contribution in [-0.4, -0.2) is 30.4 Å². The Morgan fingerprint density at radius 3 is 2.46 bits per heavy atom. The Hall–Kier alpha value is -2.33. The zero-order valence-corrected chi connectivity index (χ0v) is 16.4. The number of anilines is 2. The lowest BCUT2D eigenvalue weighted by molar-refractivity contribution is -0.114. The first kappa shape index (κ1) is 20.0. The van der Waals surface area contributed by atoms with Gasteiger partial charge < -0.3 is 10.6 Å². The summed E-state index contributed by atoms with van der Waals surface area (Å²) < 4.78 is 0. The van der Waals surface area contributed by atoms with E-state index in [4.69, 9.17) is 0 Å². The molecule has 140 valence electrons. The molecule has 0 atom stereocenters. The van der Waals surface area contributed by atoms with Gasteiger partial charge in [0.2, 0.25) is 5.91 Å². The average Bonchev–Trinajstić information content (AvgIpc) is 2.65. The van der Waals surface area contributed by atoms with E-state index in [0.717, 1.165) is 31.0 Å². The maximum Gasteiger partial charge on any atom is 0.243 e. The summed E-state index contributed by atoms with van der Waals surface area (Å²) in [6.07, 6.45) is 0. The number of nitrogens with zero attached hydrogens (tertiary/aromatic N) is 1. The van der Waals surface area contributed by atoms with Crippen LogP contribution in [0.4, 0.5) is 11.4 Å². The number of benzene rings is 2. The minimum absolute atomic E-state index is 0.0384. The van der Waals surface area contributed by atoms with Crippen molar-refractivity contribution in [3.8, 4) is 0 Å². The average molecular weight is 354 g/mol. The molecule has 0 bridgehead atoms. The van der Waals surface area contributed by atoms with Crippen molar-refractivity contribution in [2.24, 2.45) is 0 Å². The largest absolute Gasteiger partial charge is 0.376 e. The molecule has 1 amide bonds. The van der Waals surface area contributed by atoms with Crippen molar-refractivity contribution in [2.75, 3.05) is 30.3 Å². The minimum Gasteiger partial charge on any atom is -0.376 e. The summed E-state index contributed by atoms with van der Waals surface area (Å²) in [5.74, 6) is 0.403. The minimum atomic E-state index is -0.0384. The number of carbonyl (C=O) groups excluding carboxylic acids is 1. The summed E-state index contributed by atoms with van der Waals surface area (Å²) in [5, 5.41) is 6.26. The van der Waals surface area contributed by atoms with Crippen LogP contribution < -0.4 is 10.6 Å². The summed E-state index contributed by atoms with van der Waals surface area (Å²) in [5.41, 5.74) is 4.30. The highest BCUT2D eigenvalue weighted by atomic mass is 16.1. The van der Waals surface area contributed by atoms with Crippen LogP contribution in [-0.2, 0) is 11.3 Å². The Bertz CT molecular complexity index is 708. The van der Waals surface area contributed by atoms with Crippen molar-refractivity contribution in [1.29, 1.82) is 0 Å². The first-order valence-corrected chi connectivity index (χ1v) is 9.47. The van der Waals surface area contributed by atoms with Gasteiger partial charge in [-0.3, -0.25) is 9.69 Å². The number of para-hydroxylation sites is 1. The molecule has 26 heavy (non-hydrogen) atoms. The van der Waals surface area contributed by atoms with E-state index in [1.807, 2.05) is 36.4 Å². The van der Waals surface area contributed by atoms with E-state index in [1.165, 1.54) is 11.1 Å². The molecule has 2 aromatic carbocycles. The molecule has 0 unspecified atom stereocenters. The number of nitrogens with one attached hydrogen (secondary N) is 2. The molecule has 2 rings (SSSR count). The summed E-state index contributed by atoms with van der Waals surface area (Å²) in [6, 6.07) is 16.2. The van der Waals surface area contributed by atoms with Crippen LogP contribution in [0.5, 0.6) is 0 Å². The second-order valence-corrected chi connectivity index (χ2v) is 6.80. The smallest absolute Gasteiger partial charge is 0.243 e. The van der Waals surface area contributed by atoms with Crippen molar-refractivity contribution in [3.63, 3.8) is 0 Å². The quantitative estimate of drug-likeness (QED) is 0.687. The third-order valence-electron chi connectivity index (χ3n) is 4.58. The van der Waals surface area contributed by atoms with Gasteiger partial charge in [-0.25, -0.2) is 0 Å². The van der Waals surface area contributed by atoms with E-state index in [0.29, 0.717) is 5.92 Å². The van der Waals surface area contributed by atoms with Gasteiger partial charge in [-0.2, -0.15) is 0 Å². The van der Waals surface area contributed by atoms with Crippen molar-refractivity contribution in [2.45, 2.75) is 40.2 Å². The second-order valence-electron chi connectivity index (χ2n) is 6.80. The molecular formula is C22H31N3O. The molecule has 0 aliphatic rings. The van der Waals surface area contributed by atoms with Crippen LogP contribution in [0.15, 0.2) is 48.5 Å². The monoisotopic (exact) mass is 353 g/mol. The van der Waals surface area contributed by atoms with Gasteiger partial charge in [0.25, 0.3) is 0 Å². The molecule has 0 heterocycles. The number of hydrogen-bond acceptors (Lipinski definition) is 3. The maximum absolute atomic E-state index is 12.3. The van der Waals surface area contributed by atoms with Crippen LogP contribution >= 0.6 is 0 Å². The second kappa shape index (κ2) is 9.97. The molecule has 2 aromatic rings. The SMILES string of the molecule is CCN(CC)Cc1ccccc1NCC(=O)Nc1cccc(C(C)C)c1. The van der Waals surface area contributed by atoms with Crippen molar-refractivity contribution < 1.29 is 4.79 Å². The summed E-state index contributed by atoms with van der Waals surface area (Å²) >= 11 is 0. The van der Waals surface area contributed by atoms with Crippen molar-refractivity contribution >= 4 is 17.3 Å². The molecule has 0 aliphatic carbocycles. The predicted molar refractivity (Wildman–Crippen MR) is 111 cm³/mol. The number of carbonyl (C=O) groups is 1. The van der Waals surface area contributed by atoms with Crippen LogP contribution in [0.2, 0.25) is 0 Å². The first-order valence-electron chi connectivity index (χ1n) is 9.47. The summed E-state index contributed by atoms with van der Waals surface area (Å²) in [4.78, 5) is 14.7. The van der Waals surface area contributed by atoms with E-state index < -0.39 is 0 Å². The Morgan fingerprint density at radius 2 is 1.77 bits per heavy atom. The van der Waals surface area contributed by atoms with Gasteiger partial charge >= 0.3 is 0 Å². The van der Waals surface area contributed by atoms with E-state index in [1.54, 1.807) is 0 Å². The van der Waals surface area contributed by atoms with Crippen LogP contribution in [0.1, 0.15) is 44.7 Å². The summed E-state index contributed by atoms with van der Waals surface area (Å²) in [7, 11) is 0. The Labute approximate surface area is 157 Å². The predicted octanol–water partition coefficient (Wildman–Crippen LogP) is 4.70. The van der Waals surface area contributed by atoms with Crippen LogP contribution in [0.3, 0.4) is 0 Å². The zero-order chi connectivity index (χ0) is 18.9. The van der Waals surface area contributed by atoms with Crippen molar-refractivity contribution in [1.82, 2.24) is 4.90 Å². The molecule has 4 nitrogen and oxygen atoms in total. The molecule has 0 saturated heterocycles. The Morgan fingerprint density at radius 1 is 1.04 bits per heavy atom. The topological polar surface area (TPSA) is 44.4 Å². The fourth-order valence-corrected chi connectivity index (χ4v) is 2.87. The molecule has 0 aliphatic heterocycles. The lowest BCUT2D eigenvalue weighted by Crippen LogP contribution is -2.25. The van der Waals surface area contributed by atoms with Gasteiger partial charge in [0.15, 0.2) is 0 Å². The maximum atomic E-state index is 12.3. The van der Waals surface area contributed by atoms with E-state index >= 15 is 0 Å². The highest BCUT2D eigenvalue weighted by Crippen LogP contribution is 2.19. The molecule has 0 fully saturated rings.